The van der Waals surface area contributed by atoms with E-state index in [1.54, 1.807) is 0 Å². The summed E-state index contributed by atoms with van der Waals surface area (Å²) in [7, 11) is 0. The van der Waals surface area contributed by atoms with Crippen molar-refractivity contribution in [3.63, 3.8) is 0 Å². The average molecular weight is 497 g/mol. The van der Waals surface area contributed by atoms with Crippen LogP contribution in [-0.2, 0) is 11.3 Å². The van der Waals surface area contributed by atoms with E-state index in [9.17, 15) is 9.59 Å². The Bertz CT molecular complexity index is 1390. The van der Waals surface area contributed by atoms with Crippen LogP contribution < -0.4 is 10.6 Å². The molecule has 0 spiro atoms. The Hall–Kier alpha value is -3.93. The number of benzene rings is 3. The van der Waals surface area contributed by atoms with Crippen LogP contribution in [0, 0.1) is 6.92 Å². The number of nitrogens with one attached hydrogen (secondary N) is 2. The molecule has 0 fully saturated rings. The number of amides is 2. The summed E-state index contributed by atoms with van der Waals surface area (Å²) in [5, 5.41) is 6.26. The molecule has 0 aliphatic heterocycles. The van der Waals surface area contributed by atoms with Crippen molar-refractivity contribution >= 4 is 28.5 Å². The van der Waals surface area contributed by atoms with Crippen molar-refractivity contribution in [2.45, 2.75) is 66.0 Å². The van der Waals surface area contributed by atoms with Crippen LogP contribution in [0.25, 0.3) is 11.0 Å². The van der Waals surface area contributed by atoms with E-state index >= 15 is 0 Å². The molecule has 0 saturated heterocycles. The van der Waals surface area contributed by atoms with Gasteiger partial charge in [-0.15, -0.1) is 0 Å². The maximum atomic E-state index is 13.5. The standard InChI is InChI=1S/C31H36N4O2/c1-19(2)24-10-9-11-25(20(3)4)29(24)34-28(36)18-35-27-13-8-7-12-26(27)33-30(35)22(6)32-31(37)23-16-14-21(5)15-17-23/h7-17,19-20,22H,18H2,1-6H3,(H,32,37)(H,34,36)/t22-/m0/s1. The second-order valence-electron chi connectivity index (χ2n) is 10.3. The average Bonchev–Trinajstić information content (AvgIpc) is 3.22. The maximum Gasteiger partial charge on any atom is 0.251 e. The number of anilines is 1. The Morgan fingerprint density at radius 3 is 2.08 bits per heavy atom. The third kappa shape index (κ3) is 5.74. The number of hydrogen-bond acceptors (Lipinski definition) is 3. The maximum absolute atomic E-state index is 13.5. The van der Waals surface area contributed by atoms with Crippen LogP contribution in [0.3, 0.4) is 0 Å². The van der Waals surface area contributed by atoms with Gasteiger partial charge in [-0.2, -0.15) is 0 Å². The van der Waals surface area contributed by atoms with Gasteiger partial charge in [-0.3, -0.25) is 9.59 Å². The van der Waals surface area contributed by atoms with Crippen molar-refractivity contribution in [1.82, 2.24) is 14.9 Å². The van der Waals surface area contributed by atoms with Gasteiger partial charge in [0.15, 0.2) is 0 Å². The van der Waals surface area contributed by atoms with Crippen LogP contribution in [0.4, 0.5) is 5.69 Å². The molecule has 2 amide bonds. The number of aromatic nitrogens is 2. The lowest BCUT2D eigenvalue weighted by atomic mass is 9.92. The molecule has 0 bridgehead atoms. The Labute approximate surface area is 219 Å². The molecule has 6 heteroatoms. The summed E-state index contributed by atoms with van der Waals surface area (Å²) in [6.45, 7) is 12.5. The van der Waals surface area contributed by atoms with Crippen molar-refractivity contribution in [3.8, 4) is 0 Å². The fourth-order valence-corrected chi connectivity index (χ4v) is 4.66. The molecular weight excluding hydrogens is 460 g/mol. The number of rotatable bonds is 8. The summed E-state index contributed by atoms with van der Waals surface area (Å²) < 4.78 is 1.90. The number of carbonyl (C=O) groups is 2. The monoisotopic (exact) mass is 496 g/mol. The minimum Gasteiger partial charge on any atom is -0.342 e. The van der Waals surface area contributed by atoms with Crippen molar-refractivity contribution in [3.05, 3.63) is 94.8 Å². The summed E-state index contributed by atoms with van der Waals surface area (Å²) in [5.74, 6) is 0.879. The summed E-state index contributed by atoms with van der Waals surface area (Å²) >= 11 is 0. The summed E-state index contributed by atoms with van der Waals surface area (Å²) in [4.78, 5) is 31.2. The van der Waals surface area contributed by atoms with Gasteiger partial charge in [-0.05, 0) is 61.1 Å². The predicted molar refractivity (Wildman–Crippen MR) is 150 cm³/mol. The second-order valence-corrected chi connectivity index (χ2v) is 10.3. The molecule has 4 aromatic rings. The van der Waals surface area contributed by atoms with Crippen LogP contribution in [0.5, 0.6) is 0 Å². The van der Waals surface area contributed by atoms with Crippen LogP contribution in [0.15, 0.2) is 66.7 Å². The Morgan fingerprint density at radius 2 is 1.46 bits per heavy atom. The molecule has 0 aliphatic rings. The Balaban J connectivity index is 1.63. The van der Waals surface area contributed by atoms with Crippen LogP contribution in [0.2, 0.25) is 0 Å². The van der Waals surface area contributed by atoms with Gasteiger partial charge in [0.25, 0.3) is 5.91 Å². The van der Waals surface area contributed by atoms with E-state index in [-0.39, 0.29) is 30.2 Å². The number of para-hydroxylation sites is 3. The van der Waals surface area contributed by atoms with E-state index in [0.717, 1.165) is 33.4 Å². The highest BCUT2D eigenvalue weighted by Gasteiger charge is 2.22. The topological polar surface area (TPSA) is 76.0 Å². The highest BCUT2D eigenvalue weighted by molar-refractivity contribution is 5.95. The summed E-state index contributed by atoms with van der Waals surface area (Å²) in [6, 6.07) is 21.0. The first-order chi connectivity index (χ1) is 17.7. The number of aryl methyl sites for hydroxylation is 1. The SMILES string of the molecule is Cc1ccc(C(=O)N[C@@H](C)c2nc3ccccc3n2CC(=O)Nc2c(C(C)C)cccc2C(C)C)cc1. The normalized spacial score (nSPS) is 12.2. The molecule has 6 nitrogen and oxygen atoms in total. The molecule has 1 aromatic heterocycles. The number of hydrogen-bond donors (Lipinski definition) is 2. The zero-order chi connectivity index (χ0) is 26.7. The number of carbonyl (C=O) groups excluding carboxylic acids is 2. The Morgan fingerprint density at radius 1 is 0.838 bits per heavy atom. The zero-order valence-corrected chi connectivity index (χ0v) is 22.5. The van der Waals surface area contributed by atoms with E-state index < -0.39 is 6.04 Å². The first kappa shape index (κ1) is 26.1. The lowest BCUT2D eigenvalue weighted by Crippen LogP contribution is -2.30. The van der Waals surface area contributed by atoms with Crippen LogP contribution >= 0.6 is 0 Å². The minimum absolute atomic E-state index is 0.0879. The molecule has 1 atom stereocenters. The van der Waals surface area contributed by atoms with E-state index in [1.165, 1.54) is 0 Å². The van der Waals surface area contributed by atoms with Gasteiger partial charge in [0.05, 0.1) is 17.1 Å². The zero-order valence-electron chi connectivity index (χ0n) is 22.5. The lowest BCUT2D eigenvalue weighted by Gasteiger charge is -2.21. The smallest absolute Gasteiger partial charge is 0.251 e. The molecule has 2 N–H and O–H groups in total. The van der Waals surface area contributed by atoms with Crippen molar-refractivity contribution in [2.75, 3.05) is 5.32 Å². The molecule has 0 saturated carbocycles. The van der Waals surface area contributed by atoms with Crippen molar-refractivity contribution < 1.29 is 9.59 Å². The largest absolute Gasteiger partial charge is 0.342 e. The van der Waals surface area contributed by atoms with Gasteiger partial charge in [0.2, 0.25) is 5.91 Å². The van der Waals surface area contributed by atoms with Gasteiger partial charge in [0.1, 0.15) is 12.4 Å². The third-order valence-corrected chi connectivity index (χ3v) is 6.67. The highest BCUT2D eigenvalue weighted by atomic mass is 16.2. The van der Waals surface area contributed by atoms with Gasteiger partial charge < -0.3 is 15.2 Å². The fraction of sp³-hybridized carbons (Fsp3) is 0.323. The molecular formula is C31H36N4O2. The van der Waals surface area contributed by atoms with Gasteiger partial charge in [0, 0.05) is 11.3 Å². The Kier molecular flexibility index (Phi) is 7.77. The fourth-order valence-electron chi connectivity index (χ4n) is 4.66. The van der Waals surface area contributed by atoms with E-state index in [1.807, 2.05) is 66.9 Å². The minimum atomic E-state index is -0.400. The molecule has 1 heterocycles. The second kappa shape index (κ2) is 11.0. The first-order valence-corrected chi connectivity index (χ1v) is 12.9. The first-order valence-electron chi connectivity index (χ1n) is 12.9. The van der Waals surface area contributed by atoms with Crippen molar-refractivity contribution in [2.24, 2.45) is 0 Å². The molecule has 3 aromatic carbocycles. The number of imidazole rings is 1. The molecule has 37 heavy (non-hydrogen) atoms. The molecule has 0 aliphatic carbocycles. The molecule has 192 valence electrons. The van der Waals surface area contributed by atoms with E-state index in [2.05, 4.69) is 56.5 Å². The van der Waals surface area contributed by atoms with E-state index in [0.29, 0.717) is 11.4 Å². The summed E-state index contributed by atoms with van der Waals surface area (Å²) in [6.07, 6.45) is 0. The van der Waals surface area contributed by atoms with Crippen LogP contribution in [-0.4, -0.2) is 21.4 Å². The van der Waals surface area contributed by atoms with Gasteiger partial charge in [-0.25, -0.2) is 4.98 Å². The lowest BCUT2D eigenvalue weighted by molar-refractivity contribution is -0.116. The van der Waals surface area contributed by atoms with Gasteiger partial charge >= 0.3 is 0 Å². The molecule has 4 rings (SSSR count). The summed E-state index contributed by atoms with van der Waals surface area (Å²) in [5.41, 5.74) is 6.45. The number of nitrogens with zero attached hydrogens (tertiary/aromatic N) is 2. The highest BCUT2D eigenvalue weighted by Crippen LogP contribution is 2.32. The quantitative estimate of drug-likeness (QED) is 0.284. The van der Waals surface area contributed by atoms with Gasteiger partial charge in [-0.1, -0.05) is 75.7 Å². The van der Waals surface area contributed by atoms with E-state index in [4.69, 9.17) is 4.98 Å². The van der Waals surface area contributed by atoms with Crippen LogP contribution in [0.1, 0.15) is 85.4 Å². The third-order valence-electron chi connectivity index (χ3n) is 6.67. The molecule has 0 unspecified atom stereocenters. The number of fused-ring (bicyclic) bond motifs is 1. The molecule has 0 radical (unpaired) electrons. The van der Waals surface area contributed by atoms with Crippen molar-refractivity contribution in [1.29, 1.82) is 0 Å². The predicted octanol–water partition coefficient (Wildman–Crippen LogP) is 6.72.